The van der Waals surface area contributed by atoms with Crippen LogP contribution in [-0.4, -0.2) is 24.8 Å². The molecule has 0 unspecified atom stereocenters. The largest absolute Gasteiger partial charge is 0.497 e. The number of benzene rings is 1. The third-order valence-corrected chi connectivity index (χ3v) is 4.92. The number of ether oxygens (including phenoxy) is 2. The highest BCUT2D eigenvalue weighted by molar-refractivity contribution is 5.75. The standard InChI is InChI=1S/C19H28N2O3/c1-19(2)12-16(15-11-14(23-3)9-10-17(15)24-19)21-18(22)20-13-7-5-4-6-8-13/h9-11,13,16H,4-8,12H2,1-3H3,(H2,20,21,22)/t16-/m1/s1. The molecule has 2 amide bonds. The van der Waals surface area contributed by atoms with Crippen molar-refractivity contribution in [3.8, 4) is 11.5 Å². The van der Waals surface area contributed by atoms with Gasteiger partial charge in [0, 0.05) is 18.0 Å². The maximum Gasteiger partial charge on any atom is 0.315 e. The minimum Gasteiger partial charge on any atom is -0.497 e. The number of hydrogen-bond donors (Lipinski definition) is 2. The van der Waals surface area contributed by atoms with Gasteiger partial charge in [-0.2, -0.15) is 0 Å². The van der Waals surface area contributed by atoms with Crippen LogP contribution in [0.15, 0.2) is 18.2 Å². The first-order chi connectivity index (χ1) is 11.5. The van der Waals surface area contributed by atoms with Gasteiger partial charge in [-0.15, -0.1) is 0 Å². The number of fused-ring (bicyclic) bond motifs is 1. The molecule has 5 heteroatoms. The molecule has 0 radical (unpaired) electrons. The minimum absolute atomic E-state index is 0.0811. The smallest absolute Gasteiger partial charge is 0.315 e. The highest BCUT2D eigenvalue weighted by Crippen LogP contribution is 2.41. The molecule has 1 heterocycles. The molecule has 1 aromatic carbocycles. The van der Waals surface area contributed by atoms with Gasteiger partial charge in [-0.25, -0.2) is 4.79 Å². The van der Waals surface area contributed by atoms with Gasteiger partial charge in [0.2, 0.25) is 0 Å². The van der Waals surface area contributed by atoms with Crippen LogP contribution in [0.1, 0.15) is 64.0 Å². The number of rotatable bonds is 3. The summed E-state index contributed by atoms with van der Waals surface area (Å²) >= 11 is 0. The van der Waals surface area contributed by atoms with Gasteiger partial charge in [0.25, 0.3) is 0 Å². The lowest BCUT2D eigenvalue weighted by molar-refractivity contribution is 0.0675. The minimum atomic E-state index is -0.315. The Labute approximate surface area is 144 Å². The Morgan fingerprint density at radius 1 is 1.21 bits per heavy atom. The molecular weight excluding hydrogens is 304 g/mol. The maximum atomic E-state index is 12.5. The summed E-state index contributed by atoms with van der Waals surface area (Å²) in [6.07, 6.45) is 6.57. The number of methoxy groups -OCH3 is 1. The molecule has 132 valence electrons. The van der Waals surface area contributed by atoms with Crippen LogP contribution in [0.3, 0.4) is 0 Å². The van der Waals surface area contributed by atoms with Crippen LogP contribution in [0.25, 0.3) is 0 Å². The summed E-state index contributed by atoms with van der Waals surface area (Å²) in [7, 11) is 1.65. The maximum absolute atomic E-state index is 12.5. The Morgan fingerprint density at radius 3 is 2.67 bits per heavy atom. The zero-order chi connectivity index (χ0) is 17.2. The molecule has 0 aromatic heterocycles. The normalized spacial score (nSPS) is 22.9. The van der Waals surface area contributed by atoms with Crippen molar-refractivity contribution < 1.29 is 14.3 Å². The van der Waals surface area contributed by atoms with E-state index < -0.39 is 0 Å². The second-order valence-electron chi connectivity index (χ2n) is 7.47. The van der Waals surface area contributed by atoms with E-state index in [0.717, 1.165) is 36.3 Å². The fourth-order valence-corrected chi connectivity index (χ4v) is 3.72. The third kappa shape index (κ3) is 3.94. The lowest BCUT2D eigenvalue weighted by Crippen LogP contribution is -2.47. The van der Waals surface area contributed by atoms with Gasteiger partial charge in [0.05, 0.1) is 13.2 Å². The molecule has 1 atom stereocenters. The Balaban J connectivity index is 1.73. The van der Waals surface area contributed by atoms with E-state index in [9.17, 15) is 4.79 Å². The number of nitrogens with one attached hydrogen (secondary N) is 2. The predicted octanol–water partition coefficient (Wildman–Crippen LogP) is 3.93. The van der Waals surface area contributed by atoms with Gasteiger partial charge < -0.3 is 20.1 Å². The van der Waals surface area contributed by atoms with Crippen molar-refractivity contribution >= 4 is 6.03 Å². The van der Waals surface area contributed by atoms with Crippen LogP contribution in [0.5, 0.6) is 11.5 Å². The van der Waals surface area contributed by atoms with Gasteiger partial charge in [-0.05, 0) is 44.9 Å². The van der Waals surface area contributed by atoms with E-state index in [1.54, 1.807) is 7.11 Å². The zero-order valence-electron chi connectivity index (χ0n) is 14.9. The van der Waals surface area contributed by atoms with Crippen LogP contribution < -0.4 is 20.1 Å². The first-order valence-electron chi connectivity index (χ1n) is 8.91. The summed E-state index contributed by atoms with van der Waals surface area (Å²) in [6, 6.07) is 5.90. The quantitative estimate of drug-likeness (QED) is 0.882. The van der Waals surface area contributed by atoms with Gasteiger partial charge in [-0.1, -0.05) is 19.3 Å². The molecule has 1 aliphatic carbocycles. The van der Waals surface area contributed by atoms with E-state index in [2.05, 4.69) is 10.6 Å². The van der Waals surface area contributed by atoms with Crippen LogP contribution in [0.4, 0.5) is 4.79 Å². The molecule has 1 aliphatic heterocycles. The van der Waals surface area contributed by atoms with E-state index in [-0.39, 0.29) is 17.7 Å². The second-order valence-corrected chi connectivity index (χ2v) is 7.47. The molecule has 1 aromatic rings. The summed E-state index contributed by atoms with van der Waals surface area (Å²) in [5.41, 5.74) is 0.664. The number of carbonyl (C=O) groups is 1. The Morgan fingerprint density at radius 2 is 1.96 bits per heavy atom. The molecule has 2 N–H and O–H groups in total. The number of carbonyl (C=O) groups excluding carboxylic acids is 1. The van der Waals surface area contributed by atoms with Crippen molar-refractivity contribution in [2.45, 2.75) is 70.1 Å². The van der Waals surface area contributed by atoms with Crippen LogP contribution in [0.2, 0.25) is 0 Å². The first-order valence-corrected chi connectivity index (χ1v) is 8.91. The van der Waals surface area contributed by atoms with E-state index in [1.165, 1.54) is 19.3 Å². The molecule has 5 nitrogen and oxygen atoms in total. The molecule has 2 aliphatic rings. The highest BCUT2D eigenvalue weighted by Gasteiger charge is 2.35. The second kappa shape index (κ2) is 6.91. The molecule has 0 spiro atoms. The summed E-state index contributed by atoms with van der Waals surface area (Å²) in [5, 5.41) is 6.27. The van der Waals surface area contributed by atoms with Crippen molar-refractivity contribution in [3.05, 3.63) is 23.8 Å². The van der Waals surface area contributed by atoms with Crippen molar-refractivity contribution in [1.82, 2.24) is 10.6 Å². The Hall–Kier alpha value is -1.91. The summed E-state index contributed by atoms with van der Waals surface area (Å²) in [6.45, 7) is 4.10. The summed E-state index contributed by atoms with van der Waals surface area (Å²) < 4.78 is 11.4. The number of hydrogen-bond acceptors (Lipinski definition) is 3. The molecular formula is C19H28N2O3. The SMILES string of the molecule is COc1ccc2c(c1)[C@H](NC(=O)NC1CCCCC1)CC(C)(C)O2. The van der Waals surface area contributed by atoms with Crippen LogP contribution in [0, 0.1) is 0 Å². The van der Waals surface area contributed by atoms with Gasteiger partial charge >= 0.3 is 6.03 Å². The van der Waals surface area contributed by atoms with Gasteiger partial charge in [0.1, 0.15) is 17.1 Å². The average Bonchev–Trinajstić information content (AvgIpc) is 2.54. The van der Waals surface area contributed by atoms with Crippen LogP contribution >= 0.6 is 0 Å². The fraction of sp³-hybridized carbons (Fsp3) is 0.632. The number of urea groups is 1. The third-order valence-electron chi connectivity index (χ3n) is 4.92. The zero-order valence-corrected chi connectivity index (χ0v) is 14.9. The van der Waals surface area contributed by atoms with E-state index in [4.69, 9.17) is 9.47 Å². The molecule has 1 saturated carbocycles. The first kappa shape index (κ1) is 16.9. The molecule has 3 rings (SSSR count). The summed E-state index contributed by atoms with van der Waals surface area (Å²) in [5.74, 6) is 1.59. The molecule has 1 fully saturated rings. The van der Waals surface area contributed by atoms with Crippen molar-refractivity contribution in [2.75, 3.05) is 7.11 Å². The lowest BCUT2D eigenvalue weighted by atomic mass is 9.89. The van der Waals surface area contributed by atoms with Crippen molar-refractivity contribution in [2.24, 2.45) is 0 Å². The Bertz CT molecular complexity index is 594. The van der Waals surface area contributed by atoms with E-state index in [0.29, 0.717) is 6.04 Å². The summed E-state index contributed by atoms with van der Waals surface area (Å²) in [4.78, 5) is 12.5. The van der Waals surface area contributed by atoms with Crippen molar-refractivity contribution in [1.29, 1.82) is 0 Å². The highest BCUT2D eigenvalue weighted by atomic mass is 16.5. The van der Waals surface area contributed by atoms with Gasteiger partial charge in [-0.3, -0.25) is 0 Å². The fourth-order valence-electron chi connectivity index (χ4n) is 3.72. The molecule has 0 bridgehead atoms. The Kier molecular flexibility index (Phi) is 4.88. The average molecular weight is 332 g/mol. The lowest BCUT2D eigenvalue weighted by Gasteiger charge is -2.38. The van der Waals surface area contributed by atoms with Crippen molar-refractivity contribution in [3.63, 3.8) is 0 Å². The van der Waals surface area contributed by atoms with Crippen LogP contribution in [-0.2, 0) is 0 Å². The van der Waals surface area contributed by atoms with E-state index >= 15 is 0 Å². The predicted molar refractivity (Wildman–Crippen MR) is 93.6 cm³/mol. The van der Waals surface area contributed by atoms with E-state index in [1.807, 2.05) is 32.0 Å². The number of amides is 2. The monoisotopic (exact) mass is 332 g/mol. The molecule has 24 heavy (non-hydrogen) atoms. The van der Waals surface area contributed by atoms with Gasteiger partial charge in [0.15, 0.2) is 0 Å². The molecule has 0 saturated heterocycles. The topological polar surface area (TPSA) is 59.6 Å².